The van der Waals surface area contributed by atoms with Crippen LogP contribution in [0.25, 0.3) is 0 Å². The van der Waals surface area contributed by atoms with Gasteiger partial charge >= 0.3 is 0 Å². The summed E-state index contributed by atoms with van der Waals surface area (Å²) < 4.78 is 52.2. The van der Waals surface area contributed by atoms with Gasteiger partial charge in [-0.2, -0.15) is 4.31 Å². The molecule has 2 aliphatic rings. The quantitative estimate of drug-likeness (QED) is 0.596. The number of anilines is 1. The number of nitrogens with one attached hydrogen (secondary N) is 1. The molecule has 2 fully saturated rings. The Hall–Kier alpha value is -2.24. The number of morpholine rings is 1. The van der Waals surface area contributed by atoms with Gasteiger partial charge in [-0.25, -0.2) is 12.8 Å². The van der Waals surface area contributed by atoms with Crippen molar-refractivity contribution in [3.63, 3.8) is 0 Å². The second-order valence-corrected chi connectivity index (χ2v) is 11.0. The summed E-state index contributed by atoms with van der Waals surface area (Å²) in [5, 5.41) is 3.22. The van der Waals surface area contributed by atoms with E-state index in [1.165, 1.54) is 29.6 Å². The number of hydrogen-bond acceptors (Lipinski definition) is 6. The van der Waals surface area contributed by atoms with E-state index in [0.29, 0.717) is 67.7 Å². The molecule has 2 aromatic carbocycles. The Kier molecular flexibility index (Phi) is 8.28. The number of sulfonamides is 1. The van der Waals surface area contributed by atoms with Crippen LogP contribution in [0.4, 0.5) is 10.1 Å². The minimum atomic E-state index is -3.71. The summed E-state index contributed by atoms with van der Waals surface area (Å²) in [5.74, 6) is -0.390. The van der Waals surface area contributed by atoms with Gasteiger partial charge in [-0.3, -0.25) is 9.69 Å². The van der Waals surface area contributed by atoms with Gasteiger partial charge in [0.15, 0.2) is 0 Å². The largest absolute Gasteiger partial charge is 0.495 e. The average molecular weight is 526 g/mol. The molecule has 2 saturated heterocycles. The predicted molar refractivity (Wildman–Crippen MR) is 131 cm³/mol. The summed E-state index contributed by atoms with van der Waals surface area (Å²) >= 11 is 5.83. The zero-order chi connectivity index (χ0) is 25.0. The molecule has 0 unspecified atom stereocenters. The van der Waals surface area contributed by atoms with Gasteiger partial charge in [-0.1, -0.05) is 17.7 Å². The molecule has 2 aliphatic heterocycles. The molecule has 8 nitrogen and oxygen atoms in total. The minimum absolute atomic E-state index is 0.0929. The zero-order valence-corrected chi connectivity index (χ0v) is 21.1. The van der Waals surface area contributed by atoms with Gasteiger partial charge in [-0.05, 0) is 56.3 Å². The Morgan fingerprint density at radius 2 is 1.86 bits per heavy atom. The number of ether oxygens (including phenoxy) is 2. The topological polar surface area (TPSA) is 88.2 Å². The summed E-state index contributed by atoms with van der Waals surface area (Å²) in [4.78, 5) is 15.2. The molecular weight excluding hydrogens is 497 g/mol. The van der Waals surface area contributed by atoms with Crippen molar-refractivity contribution in [3.8, 4) is 5.75 Å². The van der Waals surface area contributed by atoms with Crippen LogP contribution in [-0.4, -0.2) is 70.0 Å². The van der Waals surface area contributed by atoms with Gasteiger partial charge in [0.25, 0.3) is 0 Å². The second kappa shape index (κ2) is 11.2. The third kappa shape index (κ3) is 6.13. The third-order valence-electron chi connectivity index (χ3n) is 6.40. The maximum absolute atomic E-state index is 14.1. The number of piperidine rings is 1. The van der Waals surface area contributed by atoms with Crippen molar-refractivity contribution < 1.29 is 27.1 Å². The van der Waals surface area contributed by atoms with Gasteiger partial charge in [0.1, 0.15) is 11.6 Å². The standard InChI is InChI=1S/C24H29ClFN3O5S/c1-33-23-5-4-20(35(31,32)29-10-12-34-13-11-29)15-22(23)27-24(30)17-6-8-28(9-7-17)16-18-2-3-19(25)14-21(18)26/h2-5,14-15,17H,6-13,16H2,1H3,(H,27,30). The molecule has 1 N–H and O–H groups in total. The monoisotopic (exact) mass is 525 g/mol. The van der Waals surface area contributed by atoms with Crippen molar-refractivity contribution in [1.29, 1.82) is 0 Å². The first kappa shape index (κ1) is 25.8. The minimum Gasteiger partial charge on any atom is -0.495 e. The van der Waals surface area contributed by atoms with Crippen molar-refractivity contribution in [2.45, 2.75) is 24.3 Å². The summed E-state index contributed by atoms with van der Waals surface area (Å²) in [7, 11) is -2.24. The van der Waals surface area contributed by atoms with E-state index in [2.05, 4.69) is 10.2 Å². The molecule has 35 heavy (non-hydrogen) atoms. The highest BCUT2D eigenvalue weighted by molar-refractivity contribution is 7.89. The molecule has 4 rings (SSSR count). The smallest absolute Gasteiger partial charge is 0.243 e. The molecule has 2 aromatic rings. The molecule has 0 bridgehead atoms. The number of methoxy groups -OCH3 is 1. The number of carbonyl (C=O) groups is 1. The SMILES string of the molecule is COc1ccc(S(=O)(=O)N2CCOCC2)cc1NC(=O)C1CCN(Cc2ccc(Cl)cc2F)CC1. The molecule has 0 spiro atoms. The molecular formula is C24H29ClFN3O5S. The average Bonchev–Trinajstić information content (AvgIpc) is 2.86. The number of carbonyl (C=O) groups excluding carboxylic acids is 1. The first-order chi connectivity index (χ1) is 16.8. The number of amides is 1. The van der Waals surface area contributed by atoms with Crippen LogP contribution < -0.4 is 10.1 Å². The van der Waals surface area contributed by atoms with E-state index in [1.807, 2.05) is 0 Å². The normalized spacial score (nSPS) is 18.4. The number of halogens is 2. The Balaban J connectivity index is 1.40. The van der Waals surface area contributed by atoms with Crippen molar-refractivity contribution in [2.75, 3.05) is 51.8 Å². The van der Waals surface area contributed by atoms with Crippen LogP contribution in [0, 0.1) is 11.7 Å². The van der Waals surface area contributed by atoms with Crippen LogP contribution in [0.2, 0.25) is 5.02 Å². The Morgan fingerprint density at radius 3 is 2.51 bits per heavy atom. The zero-order valence-electron chi connectivity index (χ0n) is 19.5. The Morgan fingerprint density at radius 1 is 1.14 bits per heavy atom. The van der Waals surface area contributed by atoms with Crippen molar-refractivity contribution in [1.82, 2.24) is 9.21 Å². The summed E-state index contributed by atoms with van der Waals surface area (Å²) in [6.07, 6.45) is 1.21. The molecule has 11 heteroatoms. The van der Waals surface area contributed by atoms with Crippen LogP contribution in [-0.2, 0) is 26.1 Å². The van der Waals surface area contributed by atoms with Gasteiger partial charge in [0.05, 0.1) is 30.9 Å². The van der Waals surface area contributed by atoms with Crippen LogP contribution in [0.5, 0.6) is 5.75 Å². The highest BCUT2D eigenvalue weighted by Gasteiger charge is 2.29. The van der Waals surface area contributed by atoms with Gasteiger partial charge < -0.3 is 14.8 Å². The molecule has 0 aromatic heterocycles. The van der Waals surface area contributed by atoms with E-state index in [0.717, 1.165) is 0 Å². The first-order valence-electron chi connectivity index (χ1n) is 11.5. The van der Waals surface area contributed by atoms with E-state index >= 15 is 0 Å². The fourth-order valence-corrected chi connectivity index (χ4v) is 5.95. The molecule has 0 aliphatic carbocycles. The lowest BCUT2D eigenvalue weighted by atomic mass is 9.95. The lowest BCUT2D eigenvalue weighted by molar-refractivity contribution is -0.121. The molecule has 2 heterocycles. The molecule has 1 amide bonds. The lowest BCUT2D eigenvalue weighted by Crippen LogP contribution is -2.40. The van der Waals surface area contributed by atoms with Crippen molar-refractivity contribution >= 4 is 33.2 Å². The van der Waals surface area contributed by atoms with Crippen molar-refractivity contribution in [3.05, 3.63) is 52.8 Å². The van der Waals surface area contributed by atoms with E-state index in [1.54, 1.807) is 18.2 Å². The predicted octanol–water partition coefficient (Wildman–Crippen LogP) is 3.36. The second-order valence-electron chi connectivity index (χ2n) is 8.65. The highest BCUT2D eigenvalue weighted by atomic mass is 35.5. The molecule has 0 saturated carbocycles. The molecule has 190 valence electrons. The van der Waals surface area contributed by atoms with Crippen LogP contribution in [0.3, 0.4) is 0 Å². The van der Waals surface area contributed by atoms with Crippen LogP contribution in [0.1, 0.15) is 18.4 Å². The van der Waals surface area contributed by atoms with E-state index < -0.39 is 10.0 Å². The third-order valence-corrected chi connectivity index (χ3v) is 8.53. The maximum atomic E-state index is 14.1. The number of rotatable bonds is 7. The summed E-state index contributed by atoms with van der Waals surface area (Å²) in [6.45, 7) is 3.01. The number of hydrogen-bond donors (Lipinski definition) is 1. The molecule has 0 atom stereocenters. The fourth-order valence-electron chi connectivity index (χ4n) is 4.36. The Labute approximate surface area is 210 Å². The lowest BCUT2D eigenvalue weighted by Gasteiger charge is -2.31. The maximum Gasteiger partial charge on any atom is 0.243 e. The van der Waals surface area contributed by atoms with E-state index in [9.17, 15) is 17.6 Å². The summed E-state index contributed by atoms with van der Waals surface area (Å²) in [5.41, 5.74) is 0.887. The van der Waals surface area contributed by atoms with Gasteiger partial charge in [-0.15, -0.1) is 0 Å². The number of benzene rings is 2. The van der Waals surface area contributed by atoms with Gasteiger partial charge in [0.2, 0.25) is 15.9 Å². The van der Waals surface area contributed by atoms with E-state index in [4.69, 9.17) is 21.1 Å². The first-order valence-corrected chi connectivity index (χ1v) is 13.3. The van der Waals surface area contributed by atoms with E-state index in [-0.39, 0.29) is 35.6 Å². The number of likely N-dealkylation sites (tertiary alicyclic amines) is 1. The van der Waals surface area contributed by atoms with Gasteiger partial charge in [0, 0.05) is 36.1 Å². The Bertz CT molecular complexity index is 1170. The van der Waals surface area contributed by atoms with Crippen LogP contribution >= 0.6 is 11.6 Å². The fraction of sp³-hybridized carbons (Fsp3) is 0.458. The number of nitrogens with zero attached hydrogens (tertiary/aromatic N) is 2. The highest BCUT2D eigenvalue weighted by Crippen LogP contribution is 2.31. The van der Waals surface area contributed by atoms with Crippen LogP contribution in [0.15, 0.2) is 41.3 Å². The summed E-state index contributed by atoms with van der Waals surface area (Å²) in [6, 6.07) is 9.12. The molecule has 0 radical (unpaired) electrons. The van der Waals surface area contributed by atoms with Crippen molar-refractivity contribution in [2.24, 2.45) is 5.92 Å².